The number of aromatic nitrogens is 3. The van der Waals surface area contributed by atoms with E-state index in [0.717, 1.165) is 5.56 Å². The summed E-state index contributed by atoms with van der Waals surface area (Å²) in [5.74, 6) is 0.976. The topological polar surface area (TPSA) is 73.0 Å². The number of halogens is 1. The van der Waals surface area contributed by atoms with Gasteiger partial charge in [-0.15, -0.1) is 10.2 Å². The molecule has 3 rings (SSSR count). The van der Waals surface area contributed by atoms with E-state index in [1.807, 2.05) is 18.4 Å². The molecule has 0 fully saturated rings. The predicted molar refractivity (Wildman–Crippen MR) is 89.4 cm³/mol. The first-order valence-corrected chi connectivity index (χ1v) is 8.32. The van der Waals surface area contributed by atoms with Gasteiger partial charge in [-0.3, -0.25) is 10.2 Å². The van der Waals surface area contributed by atoms with Crippen LogP contribution in [-0.4, -0.2) is 27.0 Å². The van der Waals surface area contributed by atoms with E-state index in [0.29, 0.717) is 21.8 Å². The quantitative estimate of drug-likeness (QED) is 0.729. The van der Waals surface area contributed by atoms with E-state index in [1.54, 1.807) is 31.2 Å². The van der Waals surface area contributed by atoms with Gasteiger partial charge in [-0.25, -0.2) is 4.68 Å². The van der Waals surface area contributed by atoms with Gasteiger partial charge < -0.3 is 4.42 Å². The van der Waals surface area contributed by atoms with Crippen LogP contribution in [0.4, 0.5) is 0 Å². The highest BCUT2D eigenvalue weighted by atomic mass is 35.5. The van der Waals surface area contributed by atoms with Crippen LogP contribution < -0.4 is 5.43 Å². The van der Waals surface area contributed by atoms with Crippen molar-refractivity contribution in [1.29, 1.82) is 0 Å². The predicted octanol–water partition coefficient (Wildman–Crippen LogP) is 3.61. The monoisotopic (exact) mass is 348 g/mol. The van der Waals surface area contributed by atoms with Gasteiger partial charge in [-0.05, 0) is 37.4 Å². The maximum absolute atomic E-state index is 12.3. The Bertz CT molecular complexity index is 859. The summed E-state index contributed by atoms with van der Waals surface area (Å²) in [7, 11) is 0. The number of hydrogen-bond donors (Lipinski definition) is 1. The molecule has 0 aliphatic rings. The molecule has 23 heavy (non-hydrogen) atoms. The van der Waals surface area contributed by atoms with Crippen molar-refractivity contribution in [3.63, 3.8) is 0 Å². The molecule has 6 nitrogen and oxygen atoms in total. The van der Waals surface area contributed by atoms with Crippen LogP contribution in [0.1, 0.15) is 16.4 Å². The van der Waals surface area contributed by atoms with Crippen molar-refractivity contribution in [3.8, 4) is 11.3 Å². The SMILES string of the molecule is CSc1nnc(C)n1NC(=O)c1ccc(-c2cccc(Cl)c2)o1. The molecule has 2 aromatic heterocycles. The van der Waals surface area contributed by atoms with Crippen molar-refractivity contribution < 1.29 is 9.21 Å². The molecule has 1 aromatic carbocycles. The van der Waals surface area contributed by atoms with E-state index in [-0.39, 0.29) is 11.7 Å². The molecule has 8 heteroatoms. The summed E-state index contributed by atoms with van der Waals surface area (Å²) in [6.07, 6.45) is 1.86. The Kier molecular flexibility index (Phi) is 4.40. The van der Waals surface area contributed by atoms with E-state index < -0.39 is 0 Å². The van der Waals surface area contributed by atoms with Crippen molar-refractivity contribution in [2.24, 2.45) is 0 Å². The van der Waals surface area contributed by atoms with E-state index in [1.165, 1.54) is 16.4 Å². The lowest BCUT2D eigenvalue weighted by Crippen LogP contribution is -2.24. The minimum Gasteiger partial charge on any atom is -0.451 e. The molecule has 1 N–H and O–H groups in total. The van der Waals surface area contributed by atoms with Gasteiger partial charge in [0.15, 0.2) is 5.76 Å². The van der Waals surface area contributed by atoms with E-state index in [2.05, 4.69) is 15.6 Å². The molecule has 0 aliphatic heterocycles. The molecule has 1 amide bonds. The minimum atomic E-state index is -0.378. The van der Waals surface area contributed by atoms with E-state index in [9.17, 15) is 4.79 Å². The van der Waals surface area contributed by atoms with Gasteiger partial charge in [-0.1, -0.05) is 35.5 Å². The summed E-state index contributed by atoms with van der Waals surface area (Å²) >= 11 is 7.36. The first-order chi connectivity index (χ1) is 11.1. The first-order valence-electron chi connectivity index (χ1n) is 6.71. The van der Waals surface area contributed by atoms with Gasteiger partial charge >= 0.3 is 5.91 Å². The second kappa shape index (κ2) is 6.47. The number of thioether (sulfide) groups is 1. The van der Waals surface area contributed by atoms with Gasteiger partial charge in [0, 0.05) is 10.6 Å². The minimum absolute atomic E-state index is 0.195. The highest BCUT2D eigenvalue weighted by molar-refractivity contribution is 7.98. The lowest BCUT2D eigenvalue weighted by molar-refractivity contribution is 0.0980. The van der Waals surface area contributed by atoms with Gasteiger partial charge in [0.25, 0.3) is 0 Å². The van der Waals surface area contributed by atoms with Crippen molar-refractivity contribution in [3.05, 3.63) is 53.0 Å². The Labute approximate surface area is 141 Å². The molecule has 0 bridgehead atoms. The van der Waals surface area contributed by atoms with Gasteiger partial charge in [0.05, 0.1) is 0 Å². The third kappa shape index (κ3) is 3.25. The summed E-state index contributed by atoms with van der Waals surface area (Å²) in [4.78, 5) is 12.3. The lowest BCUT2D eigenvalue weighted by Gasteiger charge is -2.07. The molecule has 0 saturated heterocycles. The Morgan fingerprint density at radius 3 is 2.87 bits per heavy atom. The fraction of sp³-hybridized carbons (Fsp3) is 0.133. The summed E-state index contributed by atoms with van der Waals surface area (Å²) in [6, 6.07) is 10.6. The summed E-state index contributed by atoms with van der Waals surface area (Å²) in [6.45, 7) is 1.76. The molecule has 0 saturated carbocycles. The van der Waals surface area contributed by atoms with Crippen molar-refractivity contribution in [2.45, 2.75) is 12.1 Å². The molecule has 0 spiro atoms. The molecule has 0 unspecified atom stereocenters. The van der Waals surface area contributed by atoms with Crippen LogP contribution in [0.2, 0.25) is 5.02 Å². The first kappa shape index (κ1) is 15.6. The Morgan fingerprint density at radius 1 is 1.30 bits per heavy atom. The Hall–Kier alpha value is -2.25. The standard InChI is InChI=1S/C15H13ClN4O2S/c1-9-17-18-15(23-2)20(9)19-14(21)13-7-6-12(22-13)10-4-3-5-11(16)8-10/h3-8H,1-2H3,(H,19,21). The van der Waals surface area contributed by atoms with Crippen molar-refractivity contribution >= 4 is 29.3 Å². The number of hydrogen-bond acceptors (Lipinski definition) is 5. The number of amides is 1. The lowest BCUT2D eigenvalue weighted by atomic mass is 10.2. The molecule has 2 heterocycles. The molecular formula is C15H13ClN4O2S. The van der Waals surface area contributed by atoms with Crippen LogP contribution in [0, 0.1) is 6.92 Å². The number of furan rings is 1. The number of benzene rings is 1. The molecule has 0 aliphatic carbocycles. The number of carbonyl (C=O) groups is 1. The van der Waals surface area contributed by atoms with Crippen molar-refractivity contribution in [1.82, 2.24) is 14.9 Å². The number of nitrogens with one attached hydrogen (secondary N) is 1. The normalized spacial score (nSPS) is 10.7. The zero-order valence-electron chi connectivity index (χ0n) is 12.4. The average Bonchev–Trinajstić information content (AvgIpc) is 3.15. The van der Waals surface area contributed by atoms with Crippen LogP contribution in [-0.2, 0) is 0 Å². The third-order valence-electron chi connectivity index (χ3n) is 3.13. The molecule has 118 valence electrons. The van der Waals surface area contributed by atoms with Crippen LogP contribution in [0.5, 0.6) is 0 Å². The highest BCUT2D eigenvalue weighted by Crippen LogP contribution is 2.25. The molecular weight excluding hydrogens is 336 g/mol. The van der Waals surface area contributed by atoms with Crippen LogP contribution >= 0.6 is 23.4 Å². The Morgan fingerprint density at radius 2 is 2.13 bits per heavy atom. The fourth-order valence-corrected chi connectivity index (χ4v) is 2.69. The largest absolute Gasteiger partial charge is 0.451 e. The van der Waals surface area contributed by atoms with Gasteiger partial charge in [-0.2, -0.15) is 0 Å². The van der Waals surface area contributed by atoms with Gasteiger partial charge in [0.2, 0.25) is 5.16 Å². The summed E-state index contributed by atoms with van der Waals surface area (Å²) < 4.78 is 7.14. The van der Waals surface area contributed by atoms with E-state index >= 15 is 0 Å². The number of aryl methyl sites for hydroxylation is 1. The maximum Gasteiger partial charge on any atom is 0.305 e. The van der Waals surface area contributed by atoms with E-state index in [4.69, 9.17) is 16.0 Å². The smallest absolute Gasteiger partial charge is 0.305 e. The summed E-state index contributed by atoms with van der Waals surface area (Å²) in [5, 5.41) is 9.09. The number of rotatable bonds is 4. The van der Waals surface area contributed by atoms with Gasteiger partial charge in [0.1, 0.15) is 11.6 Å². The number of nitrogens with zero attached hydrogens (tertiary/aromatic N) is 3. The zero-order chi connectivity index (χ0) is 16.4. The Balaban J connectivity index is 1.83. The molecule has 0 radical (unpaired) electrons. The third-order valence-corrected chi connectivity index (χ3v) is 3.99. The second-order valence-corrected chi connectivity index (χ2v) is 5.89. The number of carbonyl (C=O) groups excluding carboxylic acids is 1. The molecule has 0 atom stereocenters. The van der Waals surface area contributed by atoms with Crippen molar-refractivity contribution in [2.75, 3.05) is 11.7 Å². The highest BCUT2D eigenvalue weighted by Gasteiger charge is 2.16. The van der Waals surface area contributed by atoms with Crippen LogP contribution in [0.15, 0.2) is 46.0 Å². The second-order valence-electron chi connectivity index (χ2n) is 4.68. The fourth-order valence-electron chi connectivity index (χ4n) is 2.02. The van der Waals surface area contributed by atoms with Crippen LogP contribution in [0.3, 0.4) is 0 Å². The zero-order valence-corrected chi connectivity index (χ0v) is 14.0. The van der Waals surface area contributed by atoms with Crippen LogP contribution in [0.25, 0.3) is 11.3 Å². The summed E-state index contributed by atoms with van der Waals surface area (Å²) in [5.41, 5.74) is 3.52. The average molecular weight is 349 g/mol. The molecule has 3 aromatic rings. The maximum atomic E-state index is 12.3.